The number of nitrogens with zero attached hydrogens (tertiary/aromatic N) is 1. The Labute approximate surface area is 223 Å². The quantitative estimate of drug-likeness (QED) is 0.270. The van der Waals surface area contributed by atoms with E-state index in [1.165, 1.54) is 12.0 Å². The Bertz CT molecular complexity index is 1310. The molecule has 0 bridgehead atoms. The Morgan fingerprint density at radius 1 is 0.972 bits per heavy atom. The minimum atomic E-state index is -0.383. The van der Waals surface area contributed by atoms with E-state index in [1.54, 1.807) is 24.3 Å². The largest absolute Gasteiger partial charge is 0.493 e. The van der Waals surface area contributed by atoms with Crippen molar-refractivity contribution in [1.29, 1.82) is 0 Å². The highest BCUT2D eigenvalue weighted by molar-refractivity contribution is 8.18. The zero-order chi connectivity index (χ0) is 25.7. The Kier molecular flexibility index (Phi) is 8.46. The molecule has 1 aliphatic rings. The van der Waals surface area contributed by atoms with Crippen molar-refractivity contribution in [3.05, 3.63) is 92.3 Å². The molecule has 3 aromatic carbocycles. The van der Waals surface area contributed by atoms with E-state index in [4.69, 9.17) is 37.4 Å². The van der Waals surface area contributed by atoms with Crippen molar-refractivity contribution < 1.29 is 23.8 Å². The summed E-state index contributed by atoms with van der Waals surface area (Å²) in [6.07, 6.45) is 1.61. The van der Waals surface area contributed by atoms with Gasteiger partial charge in [-0.2, -0.15) is 0 Å². The Hall–Kier alpha value is -3.13. The van der Waals surface area contributed by atoms with Crippen molar-refractivity contribution in [2.45, 2.75) is 13.5 Å². The van der Waals surface area contributed by atoms with E-state index < -0.39 is 0 Å². The average molecular weight is 544 g/mol. The molecular weight excluding hydrogens is 521 g/mol. The molecule has 0 spiro atoms. The highest BCUT2D eigenvalue weighted by atomic mass is 35.5. The number of ether oxygens (including phenoxy) is 3. The summed E-state index contributed by atoms with van der Waals surface area (Å²) in [6, 6.07) is 18.3. The van der Waals surface area contributed by atoms with Gasteiger partial charge in [0, 0.05) is 10.6 Å². The van der Waals surface area contributed by atoms with Crippen LogP contribution in [-0.4, -0.2) is 36.3 Å². The molecule has 4 rings (SSSR count). The number of rotatable bonds is 9. The fourth-order valence-corrected chi connectivity index (χ4v) is 4.79. The number of aryl methyl sites for hydroxylation is 1. The number of thioether (sulfide) groups is 1. The highest BCUT2D eigenvalue weighted by Gasteiger charge is 2.35. The lowest BCUT2D eigenvalue weighted by atomic mass is 10.1. The van der Waals surface area contributed by atoms with E-state index in [0.29, 0.717) is 32.9 Å². The van der Waals surface area contributed by atoms with Crippen LogP contribution in [-0.2, 0) is 11.4 Å². The molecule has 0 radical (unpaired) electrons. The lowest BCUT2D eigenvalue weighted by Gasteiger charge is -2.14. The summed E-state index contributed by atoms with van der Waals surface area (Å²) in [5, 5.41) is 0.541. The van der Waals surface area contributed by atoms with Gasteiger partial charge in [0.2, 0.25) is 0 Å². The molecule has 186 valence electrons. The van der Waals surface area contributed by atoms with Crippen LogP contribution < -0.4 is 14.2 Å². The summed E-state index contributed by atoms with van der Waals surface area (Å²) in [5.74, 6) is 1.05. The van der Waals surface area contributed by atoms with Crippen LogP contribution >= 0.6 is 35.0 Å². The van der Waals surface area contributed by atoms with Crippen LogP contribution in [0.3, 0.4) is 0 Å². The zero-order valence-corrected chi connectivity index (χ0v) is 22.0. The minimum Gasteiger partial charge on any atom is -0.493 e. The summed E-state index contributed by atoms with van der Waals surface area (Å²) in [7, 11) is 1.50. The molecule has 1 aliphatic heterocycles. The Balaban J connectivity index is 1.44. The molecule has 3 aromatic rings. The van der Waals surface area contributed by atoms with Gasteiger partial charge in [-0.05, 0) is 60.7 Å². The van der Waals surface area contributed by atoms with Crippen LogP contribution in [0.25, 0.3) is 6.08 Å². The molecule has 0 atom stereocenters. The predicted molar refractivity (Wildman–Crippen MR) is 143 cm³/mol. The number of carbonyl (C=O) groups excluding carboxylic acids is 2. The SMILES string of the molecule is COc1cc(/C=C2\SC(=O)N(CCOc3ccc(C)cc3)C2=O)cc(Cl)c1OCc1ccccc1Cl. The molecule has 0 saturated carbocycles. The third kappa shape index (κ3) is 6.16. The zero-order valence-electron chi connectivity index (χ0n) is 19.6. The van der Waals surface area contributed by atoms with Gasteiger partial charge in [0.1, 0.15) is 19.0 Å². The number of imide groups is 1. The molecule has 0 aromatic heterocycles. The number of methoxy groups -OCH3 is 1. The van der Waals surface area contributed by atoms with E-state index in [0.717, 1.165) is 22.9 Å². The van der Waals surface area contributed by atoms with Gasteiger partial charge in [-0.3, -0.25) is 14.5 Å². The predicted octanol–water partition coefficient (Wildman–Crippen LogP) is 7.00. The lowest BCUT2D eigenvalue weighted by molar-refractivity contribution is -0.123. The van der Waals surface area contributed by atoms with Crippen molar-refractivity contribution in [3.63, 3.8) is 0 Å². The molecule has 2 amide bonds. The number of amides is 2. The number of hydrogen-bond acceptors (Lipinski definition) is 6. The van der Waals surface area contributed by atoms with Crippen molar-refractivity contribution in [3.8, 4) is 17.2 Å². The standard InChI is InChI=1S/C27H23Cl2NO5S/c1-17-7-9-20(10-8-17)34-12-11-30-26(31)24(36-27(30)32)15-18-13-22(29)25(23(14-18)33-2)35-16-19-5-3-4-6-21(19)28/h3-10,13-15H,11-12,16H2,1-2H3/b24-15-. The molecule has 1 fully saturated rings. The van der Waals surface area contributed by atoms with E-state index in [-0.39, 0.29) is 35.8 Å². The lowest BCUT2D eigenvalue weighted by Crippen LogP contribution is -2.32. The van der Waals surface area contributed by atoms with Gasteiger partial charge in [0.05, 0.1) is 23.6 Å². The average Bonchev–Trinajstić information content (AvgIpc) is 3.12. The topological polar surface area (TPSA) is 65.1 Å². The molecular formula is C27H23Cl2NO5S. The van der Waals surface area contributed by atoms with Crippen LogP contribution in [0.1, 0.15) is 16.7 Å². The van der Waals surface area contributed by atoms with Gasteiger partial charge in [0.25, 0.3) is 11.1 Å². The summed E-state index contributed by atoms with van der Waals surface area (Å²) >= 11 is 13.6. The molecule has 0 N–H and O–H groups in total. The van der Waals surface area contributed by atoms with Gasteiger partial charge >= 0.3 is 0 Å². The second kappa shape index (κ2) is 11.7. The molecule has 6 nitrogen and oxygen atoms in total. The molecule has 0 unspecified atom stereocenters. The number of halogens is 2. The normalized spacial score (nSPS) is 14.4. The van der Waals surface area contributed by atoms with Crippen molar-refractivity contribution >= 4 is 52.2 Å². The van der Waals surface area contributed by atoms with E-state index >= 15 is 0 Å². The van der Waals surface area contributed by atoms with Gasteiger partial charge in [0.15, 0.2) is 11.5 Å². The van der Waals surface area contributed by atoms with E-state index in [2.05, 4.69) is 0 Å². The summed E-state index contributed by atoms with van der Waals surface area (Å²) in [5.41, 5.74) is 2.53. The second-order valence-electron chi connectivity index (χ2n) is 7.91. The molecule has 0 aliphatic carbocycles. The van der Waals surface area contributed by atoms with Gasteiger partial charge in [-0.25, -0.2) is 0 Å². The van der Waals surface area contributed by atoms with E-state index in [9.17, 15) is 9.59 Å². The highest BCUT2D eigenvalue weighted by Crippen LogP contribution is 2.39. The number of benzene rings is 3. The van der Waals surface area contributed by atoms with Crippen molar-refractivity contribution in [2.75, 3.05) is 20.3 Å². The summed E-state index contributed by atoms with van der Waals surface area (Å²) < 4.78 is 17.0. The maximum atomic E-state index is 12.9. The van der Waals surface area contributed by atoms with Crippen LogP contribution in [0.4, 0.5) is 4.79 Å². The van der Waals surface area contributed by atoms with Crippen molar-refractivity contribution in [1.82, 2.24) is 4.90 Å². The van der Waals surface area contributed by atoms with Crippen molar-refractivity contribution in [2.24, 2.45) is 0 Å². The smallest absolute Gasteiger partial charge is 0.293 e. The fourth-order valence-electron chi connectivity index (χ4n) is 3.46. The maximum Gasteiger partial charge on any atom is 0.293 e. The van der Waals surface area contributed by atoms with Crippen LogP contribution in [0.2, 0.25) is 10.0 Å². The van der Waals surface area contributed by atoms with E-state index in [1.807, 2.05) is 49.4 Å². The second-order valence-corrected chi connectivity index (χ2v) is 9.72. The van der Waals surface area contributed by atoms with Gasteiger partial charge in [-0.15, -0.1) is 0 Å². The third-order valence-corrected chi connectivity index (χ3v) is 6.91. The van der Waals surface area contributed by atoms with Crippen LogP contribution in [0.5, 0.6) is 17.2 Å². The monoisotopic (exact) mass is 543 g/mol. The summed E-state index contributed by atoms with van der Waals surface area (Å²) in [4.78, 5) is 26.8. The third-order valence-electron chi connectivity index (χ3n) is 5.36. The first kappa shape index (κ1) is 25.9. The minimum absolute atomic E-state index is 0.148. The van der Waals surface area contributed by atoms with Crippen LogP contribution in [0.15, 0.2) is 65.6 Å². The number of hydrogen-bond donors (Lipinski definition) is 0. The van der Waals surface area contributed by atoms with Gasteiger partial charge in [-0.1, -0.05) is 59.1 Å². The first-order valence-corrected chi connectivity index (χ1v) is 12.6. The Morgan fingerprint density at radius 3 is 2.44 bits per heavy atom. The molecule has 36 heavy (non-hydrogen) atoms. The maximum absolute atomic E-state index is 12.9. The molecule has 1 saturated heterocycles. The van der Waals surface area contributed by atoms with Gasteiger partial charge < -0.3 is 14.2 Å². The first-order chi connectivity index (χ1) is 17.4. The summed E-state index contributed by atoms with van der Waals surface area (Å²) in [6.45, 7) is 2.54. The molecule has 9 heteroatoms. The Morgan fingerprint density at radius 2 is 1.72 bits per heavy atom. The van der Waals surface area contributed by atoms with Crippen LogP contribution in [0, 0.1) is 6.92 Å². The first-order valence-electron chi connectivity index (χ1n) is 11.0. The fraction of sp³-hybridized carbons (Fsp3) is 0.185. The molecule has 1 heterocycles. The number of carbonyl (C=O) groups is 2.